The first-order valence-electron chi connectivity index (χ1n) is 12.9. The maximum Gasteiger partial charge on any atom is 0.418 e. The molecule has 0 atom stereocenters. The zero-order valence-corrected chi connectivity index (χ0v) is 26.4. The molecule has 1 aliphatic heterocycles. The van der Waals surface area contributed by atoms with Gasteiger partial charge in [-0.05, 0) is 58.4 Å². The van der Waals surface area contributed by atoms with Crippen molar-refractivity contribution >= 4 is 72.5 Å². The van der Waals surface area contributed by atoms with Crippen molar-refractivity contribution in [1.82, 2.24) is 10.4 Å². The number of hydrogen-bond acceptors (Lipinski definition) is 6. The number of benzene rings is 4. The number of aromatic amines is 1. The predicted octanol–water partition coefficient (Wildman–Crippen LogP) is 8.74. The largest absolute Gasteiger partial charge is 0.454 e. The lowest BCUT2D eigenvalue weighted by molar-refractivity contribution is -0.136. The van der Waals surface area contributed by atoms with Gasteiger partial charge in [-0.15, -0.1) is 0 Å². The molecule has 6 rings (SSSR count). The molecule has 228 valence electrons. The molecule has 0 spiro atoms. The Morgan fingerprint density at radius 2 is 1.78 bits per heavy atom. The first kappa shape index (κ1) is 30.7. The number of hydrogen-bond donors (Lipinski definition) is 2. The monoisotopic (exact) mass is 761 g/mol. The van der Waals surface area contributed by atoms with Gasteiger partial charge in [0.15, 0.2) is 17.2 Å². The standard InChI is InChI=1S/C31H17Br2ClF3N3O5/c32-17-10-16(28(21(33)12-17)45-30(42)15-8-9-23-24(11-15)44-14-43-23)13-38-40-29(41)27-25(18-4-1-2-7-22(18)34)19-5-3-6-20(26(19)39-27)31(35,36)37/h1-13,39H,14H2,(H,40,41). The summed E-state index contributed by atoms with van der Waals surface area (Å²) in [6.45, 7) is 0.0420. The third-order valence-electron chi connectivity index (χ3n) is 6.72. The normalized spacial score (nSPS) is 12.6. The van der Waals surface area contributed by atoms with Gasteiger partial charge < -0.3 is 19.2 Å². The van der Waals surface area contributed by atoms with Crippen molar-refractivity contribution in [2.45, 2.75) is 6.18 Å². The molecule has 0 saturated carbocycles. The average Bonchev–Trinajstić information content (AvgIpc) is 3.63. The number of rotatable bonds is 6. The van der Waals surface area contributed by atoms with Gasteiger partial charge in [0.25, 0.3) is 5.91 Å². The number of esters is 1. The number of nitrogens with one attached hydrogen (secondary N) is 2. The molecule has 2 N–H and O–H groups in total. The molecular formula is C31H17Br2ClF3N3O5. The van der Waals surface area contributed by atoms with Gasteiger partial charge in [0.05, 0.1) is 27.3 Å². The summed E-state index contributed by atoms with van der Waals surface area (Å²) in [6, 6.07) is 18.0. The summed E-state index contributed by atoms with van der Waals surface area (Å²) < 4.78 is 58.9. The van der Waals surface area contributed by atoms with Gasteiger partial charge in [0.1, 0.15) is 5.69 Å². The van der Waals surface area contributed by atoms with Crippen molar-refractivity contribution in [3.8, 4) is 28.4 Å². The number of fused-ring (bicyclic) bond motifs is 2. The number of para-hydroxylation sites is 1. The van der Waals surface area contributed by atoms with E-state index in [9.17, 15) is 22.8 Å². The molecule has 1 amide bonds. The van der Waals surface area contributed by atoms with Crippen LogP contribution in [0, 0.1) is 0 Å². The first-order chi connectivity index (χ1) is 21.5. The number of amides is 1. The van der Waals surface area contributed by atoms with Gasteiger partial charge in [-0.3, -0.25) is 4.79 Å². The molecule has 5 aromatic rings. The second kappa shape index (κ2) is 12.2. The molecule has 1 aromatic heterocycles. The zero-order chi connectivity index (χ0) is 31.9. The fourth-order valence-corrected chi connectivity index (χ4v) is 6.31. The van der Waals surface area contributed by atoms with Gasteiger partial charge in [0.2, 0.25) is 6.79 Å². The van der Waals surface area contributed by atoms with E-state index < -0.39 is 23.6 Å². The summed E-state index contributed by atoms with van der Waals surface area (Å²) in [7, 11) is 0. The Kier molecular flexibility index (Phi) is 8.33. The third kappa shape index (κ3) is 6.15. The molecule has 0 unspecified atom stereocenters. The first-order valence-corrected chi connectivity index (χ1v) is 14.9. The number of carbonyl (C=O) groups is 2. The molecule has 2 heterocycles. The summed E-state index contributed by atoms with van der Waals surface area (Å²) in [6.07, 6.45) is -3.45. The van der Waals surface area contributed by atoms with E-state index in [2.05, 4.69) is 47.4 Å². The number of carbonyl (C=O) groups excluding carboxylic acids is 2. The summed E-state index contributed by atoms with van der Waals surface area (Å²) in [5.41, 5.74) is 1.97. The lowest BCUT2D eigenvalue weighted by Gasteiger charge is -2.11. The minimum absolute atomic E-state index is 0.0420. The number of hydrazone groups is 1. The SMILES string of the molecule is O=C(Oc1c(Br)cc(Br)cc1C=NNC(=O)c1[nH]c2c(C(F)(F)F)cccc2c1-c1ccccc1Cl)c1ccc2c(c1)OCO2. The van der Waals surface area contributed by atoms with Crippen LogP contribution in [0.2, 0.25) is 5.02 Å². The van der Waals surface area contributed by atoms with E-state index in [1.807, 2.05) is 0 Å². The lowest BCUT2D eigenvalue weighted by atomic mass is 10.00. The molecule has 0 bridgehead atoms. The number of alkyl halides is 3. The van der Waals surface area contributed by atoms with Crippen LogP contribution in [-0.4, -0.2) is 29.9 Å². The van der Waals surface area contributed by atoms with Crippen LogP contribution in [0.4, 0.5) is 13.2 Å². The minimum atomic E-state index is -4.68. The van der Waals surface area contributed by atoms with E-state index in [1.54, 1.807) is 42.5 Å². The van der Waals surface area contributed by atoms with Crippen LogP contribution in [0.25, 0.3) is 22.0 Å². The van der Waals surface area contributed by atoms with Gasteiger partial charge in [-0.25, -0.2) is 10.2 Å². The molecule has 14 heteroatoms. The zero-order valence-electron chi connectivity index (χ0n) is 22.5. The van der Waals surface area contributed by atoms with Crippen LogP contribution in [0.3, 0.4) is 0 Å². The van der Waals surface area contributed by atoms with Crippen LogP contribution in [0.15, 0.2) is 86.8 Å². The summed E-state index contributed by atoms with van der Waals surface area (Å²) in [5, 5.41) is 4.41. The van der Waals surface area contributed by atoms with Gasteiger partial charge >= 0.3 is 12.1 Å². The maximum absolute atomic E-state index is 13.9. The summed E-state index contributed by atoms with van der Waals surface area (Å²) in [5.74, 6) is -0.533. The Balaban J connectivity index is 1.32. The Bertz CT molecular complexity index is 2030. The van der Waals surface area contributed by atoms with Gasteiger partial charge in [-0.1, -0.05) is 57.9 Å². The topological polar surface area (TPSA) is 102 Å². The second-order valence-corrected chi connectivity index (χ2v) is 11.7. The van der Waals surface area contributed by atoms with Crippen LogP contribution in [-0.2, 0) is 6.18 Å². The number of halogens is 6. The fourth-order valence-electron chi connectivity index (χ4n) is 4.74. The molecule has 45 heavy (non-hydrogen) atoms. The Labute approximate surface area is 274 Å². The van der Waals surface area contributed by atoms with Crippen LogP contribution >= 0.6 is 43.5 Å². The van der Waals surface area contributed by atoms with Crippen molar-refractivity contribution in [2.24, 2.45) is 5.10 Å². The number of nitrogens with zero attached hydrogens (tertiary/aromatic N) is 1. The van der Waals surface area contributed by atoms with E-state index in [4.69, 9.17) is 25.8 Å². The smallest absolute Gasteiger partial charge is 0.418 e. The van der Waals surface area contributed by atoms with E-state index in [1.165, 1.54) is 30.5 Å². The summed E-state index contributed by atoms with van der Waals surface area (Å²) >= 11 is 13.2. The van der Waals surface area contributed by atoms with Crippen molar-refractivity contribution in [1.29, 1.82) is 0 Å². The molecule has 0 radical (unpaired) electrons. The minimum Gasteiger partial charge on any atom is -0.454 e. The number of aromatic nitrogens is 1. The number of H-pyrrole nitrogens is 1. The summed E-state index contributed by atoms with van der Waals surface area (Å²) in [4.78, 5) is 29.1. The van der Waals surface area contributed by atoms with Gasteiger partial charge in [0, 0.05) is 31.6 Å². The van der Waals surface area contributed by atoms with Crippen molar-refractivity contribution in [3.05, 3.63) is 109 Å². The molecule has 0 fully saturated rings. The van der Waals surface area contributed by atoms with Crippen molar-refractivity contribution in [2.75, 3.05) is 6.79 Å². The molecule has 0 saturated heterocycles. The van der Waals surface area contributed by atoms with Crippen LogP contribution in [0.5, 0.6) is 17.2 Å². The highest BCUT2D eigenvalue weighted by Gasteiger charge is 2.35. The highest BCUT2D eigenvalue weighted by molar-refractivity contribution is 9.11. The third-order valence-corrected chi connectivity index (χ3v) is 8.10. The highest BCUT2D eigenvalue weighted by Crippen LogP contribution is 2.42. The van der Waals surface area contributed by atoms with Crippen LogP contribution in [0.1, 0.15) is 32.0 Å². The average molecular weight is 764 g/mol. The highest BCUT2D eigenvalue weighted by atomic mass is 79.9. The predicted molar refractivity (Wildman–Crippen MR) is 168 cm³/mol. The second-order valence-electron chi connectivity index (χ2n) is 9.54. The fraction of sp³-hybridized carbons (Fsp3) is 0.0645. The Morgan fingerprint density at radius 3 is 2.56 bits per heavy atom. The quantitative estimate of drug-likeness (QED) is 0.0780. The number of ether oxygens (including phenoxy) is 3. The molecule has 0 aliphatic carbocycles. The van der Waals surface area contributed by atoms with E-state index in [0.29, 0.717) is 26.0 Å². The lowest BCUT2D eigenvalue weighted by Crippen LogP contribution is -2.19. The van der Waals surface area contributed by atoms with E-state index in [-0.39, 0.29) is 50.9 Å². The van der Waals surface area contributed by atoms with E-state index in [0.717, 1.165) is 6.07 Å². The van der Waals surface area contributed by atoms with Crippen LogP contribution < -0.4 is 19.6 Å². The Hall–Kier alpha value is -4.33. The van der Waals surface area contributed by atoms with Crippen molar-refractivity contribution < 1.29 is 37.0 Å². The Morgan fingerprint density at radius 1 is 1.00 bits per heavy atom. The molecule has 8 nitrogen and oxygen atoms in total. The van der Waals surface area contributed by atoms with Gasteiger partial charge in [-0.2, -0.15) is 18.3 Å². The van der Waals surface area contributed by atoms with E-state index >= 15 is 0 Å². The molecular weight excluding hydrogens is 747 g/mol. The maximum atomic E-state index is 13.9. The van der Waals surface area contributed by atoms with Crippen molar-refractivity contribution in [3.63, 3.8) is 0 Å². The molecule has 1 aliphatic rings. The molecule has 4 aromatic carbocycles.